The highest BCUT2D eigenvalue weighted by Crippen LogP contribution is 2.23. The maximum Gasteiger partial charge on any atom is 0.123 e. The first-order valence-electron chi connectivity index (χ1n) is 8.13. The average Bonchev–Trinajstić information content (AvgIpc) is 2.55. The van der Waals surface area contributed by atoms with Crippen molar-refractivity contribution in [2.75, 3.05) is 19.6 Å². The van der Waals surface area contributed by atoms with Crippen molar-refractivity contribution in [2.45, 2.75) is 37.9 Å². The van der Waals surface area contributed by atoms with Gasteiger partial charge in [0.15, 0.2) is 0 Å². The van der Waals surface area contributed by atoms with Gasteiger partial charge in [0.2, 0.25) is 0 Å². The van der Waals surface area contributed by atoms with Crippen LogP contribution >= 0.6 is 0 Å². The molecule has 1 aliphatic rings. The highest BCUT2D eigenvalue weighted by molar-refractivity contribution is 5.44. The van der Waals surface area contributed by atoms with E-state index >= 15 is 0 Å². The number of allylic oxidation sites excluding steroid dienone is 1. The second-order valence-electron chi connectivity index (χ2n) is 6.18. The fourth-order valence-electron chi connectivity index (χ4n) is 3.09. The van der Waals surface area contributed by atoms with Gasteiger partial charge in [0, 0.05) is 25.1 Å². The van der Waals surface area contributed by atoms with Crippen LogP contribution < -0.4 is 0 Å². The molecule has 1 aromatic rings. The Hall–Kier alpha value is -1.52. The summed E-state index contributed by atoms with van der Waals surface area (Å²) in [7, 11) is 0. The van der Waals surface area contributed by atoms with Crippen LogP contribution in [0.1, 0.15) is 37.4 Å². The largest absolute Gasteiger partial charge is 0.393 e. The zero-order chi connectivity index (χ0) is 16.7. The molecule has 2 N–H and O–H groups in total. The molecule has 1 aliphatic heterocycles. The Balaban J connectivity index is 1.75. The SMILES string of the molecule is O=C=CCC1CN(CCCC(O)c2ccc(F)cc2)CCC1O. The summed E-state index contributed by atoms with van der Waals surface area (Å²) in [6.45, 7) is 2.42. The van der Waals surface area contributed by atoms with Crippen molar-refractivity contribution < 1.29 is 19.4 Å². The lowest BCUT2D eigenvalue weighted by Crippen LogP contribution is -2.43. The monoisotopic (exact) mass is 321 g/mol. The third kappa shape index (κ3) is 5.56. The summed E-state index contributed by atoms with van der Waals surface area (Å²) >= 11 is 0. The van der Waals surface area contributed by atoms with Gasteiger partial charge in [-0.2, -0.15) is 0 Å². The highest BCUT2D eigenvalue weighted by Gasteiger charge is 2.26. The molecule has 3 atom stereocenters. The second-order valence-corrected chi connectivity index (χ2v) is 6.18. The Kier molecular flexibility index (Phi) is 6.93. The molecule has 0 radical (unpaired) electrons. The maximum atomic E-state index is 12.9. The molecule has 3 unspecified atom stereocenters. The Morgan fingerprint density at radius 2 is 2.13 bits per heavy atom. The summed E-state index contributed by atoms with van der Waals surface area (Å²) in [5.74, 6) is 1.54. The van der Waals surface area contributed by atoms with Crippen molar-refractivity contribution >= 4 is 5.94 Å². The lowest BCUT2D eigenvalue weighted by molar-refractivity contribution is 0.0262. The van der Waals surface area contributed by atoms with Crippen molar-refractivity contribution in [1.82, 2.24) is 4.90 Å². The summed E-state index contributed by atoms with van der Waals surface area (Å²) in [6, 6.07) is 5.93. The molecule has 0 spiro atoms. The van der Waals surface area contributed by atoms with Gasteiger partial charge >= 0.3 is 0 Å². The molecule has 126 valence electrons. The van der Waals surface area contributed by atoms with Crippen LogP contribution in [-0.4, -0.2) is 46.8 Å². The lowest BCUT2D eigenvalue weighted by Gasteiger charge is -2.35. The number of nitrogens with zero attached hydrogens (tertiary/aromatic N) is 1. The Bertz CT molecular complexity index is 528. The van der Waals surface area contributed by atoms with E-state index in [0.717, 1.165) is 31.6 Å². The number of carbonyl (C=O) groups excluding carboxylic acids is 1. The summed E-state index contributed by atoms with van der Waals surface area (Å²) in [5, 5.41) is 20.1. The van der Waals surface area contributed by atoms with Crippen molar-refractivity contribution in [3.63, 3.8) is 0 Å². The minimum atomic E-state index is -0.584. The molecule has 1 heterocycles. The van der Waals surface area contributed by atoms with Gasteiger partial charge in [-0.1, -0.05) is 12.1 Å². The van der Waals surface area contributed by atoms with E-state index in [2.05, 4.69) is 4.90 Å². The van der Waals surface area contributed by atoms with Gasteiger partial charge in [-0.25, -0.2) is 9.18 Å². The van der Waals surface area contributed by atoms with Gasteiger partial charge < -0.3 is 15.1 Å². The third-order valence-corrected chi connectivity index (χ3v) is 4.49. The number of aliphatic hydroxyl groups is 2. The number of likely N-dealkylation sites (tertiary alicyclic amines) is 1. The van der Waals surface area contributed by atoms with E-state index in [9.17, 15) is 19.4 Å². The van der Waals surface area contributed by atoms with E-state index in [0.29, 0.717) is 19.3 Å². The van der Waals surface area contributed by atoms with Gasteiger partial charge in [0.25, 0.3) is 0 Å². The number of rotatable bonds is 7. The molecule has 23 heavy (non-hydrogen) atoms. The third-order valence-electron chi connectivity index (χ3n) is 4.49. The van der Waals surface area contributed by atoms with E-state index in [1.54, 1.807) is 18.1 Å². The summed E-state index contributed by atoms with van der Waals surface area (Å²) < 4.78 is 12.9. The van der Waals surface area contributed by atoms with Crippen LogP contribution in [0.25, 0.3) is 0 Å². The van der Waals surface area contributed by atoms with E-state index in [-0.39, 0.29) is 17.8 Å². The fraction of sp³-hybridized carbons (Fsp3) is 0.556. The number of benzene rings is 1. The second kappa shape index (κ2) is 8.94. The zero-order valence-corrected chi connectivity index (χ0v) is 13.2. The molecule has 1 fully saturated rings. The Morgan fingerprint density at radius 3 is 2.83 bits per heavy atom. The predicted molar refractivity (Wildman–Crippen MR) is 86.0 cm³/mol. The first kappa shape index (κ1) is 17.8. The normalized spacial score (nSPS) is 23.3. The number of piperidine rings is 1. The van der Waals surface area contributed by atoms with Crippen LogP contribution in [0, 0.1) is 11.7 Å². The predicted octanol–water partition coefficient (Wildman–Crippen LogP) is 2.10. The smallest absolute Gasteiger partial charge is 0.123 e. The van der Waals surface area contributed by atoms with Crippen LogP contribution in [0.2, 0.25) is 0 Å². The highest BCUT2D eigenvalue weighted by atomic mass is 19.1. The first-order valence-corrected chi connectivity index (χ1v) is 8.13. The van der Waals surface area contributed by atoms with Crippen LogP contribution in [0.4, 0.5) is 4.39 Å². The molecule has 4 nitrogen and oxygen atoms in total. The first-order chi connectivity index (χ1) is 11.1. The van der Waals surface area contributed by atoms with Crippen LogP contribution in [-0.2, 0) is 4.79 Å². The average molecular weight is 321 g/mol. The molecule has 5 heteroatoms. The van der Waals surface area contributed by atoms with Gasteiger partial charge in [0.1, 0.15) is 11.8 Å². The van der Waals surface area contributed by atoms with E-state index in [1.807, 2.05) is 0 Å². The Labute approximate surface area is 136 Å². The molecule has 0 saturated carbocycles. The topological polar surface area (TPSA) is 60.8 Å². The lowest BCUT2D eigenvalue weighted by atomic mass is 9.91. The molecule has 1 aromatic carbocycles. The summed E-state index contributed by atoms with van der Waals surface area (Å²) in [4.78, 5) is 12.6. The van der Waals surface area contributed by atoms with Crippen molar-refractivity contribution in [3.05, 3.63) is 41.7 Å². The number of hydrogen-bond acceptors (Lipinski definition) is 4. The maximum absolute atomic E-state index is 12.9. The molecule has 0 bridgehead atoms. The minimum Gasteiger partial charge on any atom is -0.393 e. The van der Waals surface area contributed by atoms with Crippen molar-refractivity contribution in [1.29, 1.82) is 0 Å². The molecule has 0 aliphatic carbocycles. The van der Waals surface area contributed by atoms with Gasteiger partial charge in [0.05, 0.1) is 12.2 Å². The van der Waals surface area contributed by atoms with Gasteiger partial charge in [-0.3, -0.25) is 0 Å². The molecule has 1 saturated heterocycles. The van der Waals surface area contributed by atoms with Crippen LogP contribution in [0.3, 0.4) is 0 Å². The summed E-state index contributed by atoms with van der Waals surface area (Å²) in [6.07, 6.45) is 3.20. The van der Waals surface area contributed by atoms with E-state index in [1.165, 1.54) is 18.2 Å². The number of hydrogen-bond donors (Lipinski definition) is 2. The summed E-state index contributed by atoms with van der Waals surface area (Å²) in [5.41, 5.74) is 0.731. The Morgan fingerprint density at radius 1 is 1.39 bits per heavy atom. The van der Waals surface area contributed by atoms with E-state index < -0.39 is 6.10 Å². The zero-order valence-electron chi connectivity index (χ0n) is 13.2. The van der Waals surface area contributed by atoms with Crippen LogP contribution in [0.15, 0.2) is 30.3 Å². The molecule has 2 rings (SSSR count). The van der Waals surface area contributed by atoms with Crippen molar-refractivity contribution in [2.24, 2.45) is 5.92 Å². The molecular weight excluding hydrogens is 297 g/mol. The van der Waals surface area contributed by atoms with Crippen molar-refractivity contribution in [3.8, 4) is 0 Å². The van der Waals surface area contributed by atoms with Crippen LogP contribution in [0.5, 0.6) is 0 Å². The quantitative estimate of drug-likeness (QED) is 0.755. The van der Waals surface area contributed by atoms with E-state index in [4.69, 9.17) is 0 Å². The van der Waals surface area contributed by atoms with Gasteiger partial charge in [-0.15, -0.1) is 0 Å². The molecule has 0 aromatic heterocycles. The van der Waals surface area contributed by atoms with Gasteiger partial charge in [-0.05, 0) is 49.9 Å². The minimum absolute atomic E-state index is 0.0761. The fourth-order valence-corrected chi connectivity index (χ4v) is 3.09. The standard InChI is InChI=1S/C18H24FNO3/c19-16-7-5-14(6-8-16)17(22)4-1-10-20-11-9-18(23)15(13-20)3-2-12-21/h2,5-8,15,17-18,22-23H,1,3-4,9-11,13H2. The molecule has 0 amide bonds. The number of aliphatic hydroxyl groups excluding tert-OH is 2. The molecular formula is C18H24FNO3. The number of halogens is 1.